The number of hydrogen-bond acceptors (Lipinski definition) is 3. The Morgan fingerprint density at radius 3 is 2.53 bits per heavy atom. The van der Waals surface area contributed by atoms with Gasteiger partial charge in [0.25, 0.3) is 0 Å². The maximum atomic E-state index is 13.4. The Morgan fingerprint density at radius 2 is 2.00 bits per heavy atom. The first-order valence-corrected chi connectivity index (χ1v) is 5.58. The molecule has 1 unspecified atom stereocenters. The standard InChI is InChI=1S/C12H18F2N2O/c1-17-8-9(4-3-7-15)16-12-10(13)5-2-6-11(12)14/h2,5-6,9,16H,3-4,7-8,15H2,1H3. The van der Waals surface area contributed by atoms with Crippen LogP contribution in [0.25, 0.3) is 0 Å². The average molecular weight is 244 g/mol. The third-order valence-electron chi connectivity index (χ3n) is 2.44. The van der Waals surface area contributed by atoms with Crippen LogP contribution in [0.5, 0.6) is 0 Å². The van der Waals surface area contributed by atoms with Crippen molar-refractivity contribution in [1.29, 1.82) is 0 Å². The van der Waals surface area contributed by atoms with Gasteiger partial charge in [0.05, 0.1) is 6.61 Å². The van der Waals surface area contributed by atoms with Crippen molar-refractivity contribution in [2.45, 2.75) is 18.9 Å². The van der Waals surface area contributed by atoms with Crippen molar-refractivity contribution in [3.05, 3.63) is 29.8 Å². The van der Waals surface area contributed by atoms with Gasteiger partial charge in [0.1, 0.15) is 17.3 Å². The summed E-state index contributed by atoms with van der Waals surface area (Å²) in [5.41, 5.74) is 5.30. The summed E-state index contributed by atoms with van der Waals surface area (Å²) < 4.78 is 31.8. The third-order valence-corrected chi connectivity index (χ3v) is 2.44. The molecule has 1 aromatic carbocycles. The van der Waals surface area contributed by atoms with Crippen LogP contribution in [0.1, 0.15) is 12.8 Å². The molecule has 3 nitrogen and oxygen atoms in total. The highest BCUT2D eigenvalue weighted by atomic mass is 19.1. The van der Waals surface area contributed by atoms with Crippen molar-refractivity contribution in [2.75, 3.05) is 25.6 Å². The van der Waals surface area contributed by atoms with E-state index in [2.05, 4.69) is 5.32 Å². The van der Waals surface area contributed by atoms with Gasteiger partial charge in [-0.3, -0.25) is 0 Å². The topological polar surface area (TPSA) is 47.3 Å². The molecule has 0 aliphatic carbocycles. The molecule has 1 aromatic rings. The number of methoxy groups -OCH3 is 1. The van der Waals surface area contributed by atoms with Crippen LogP contribution >= 0.6 is 0 Å². The smallest absolute Gasteiger partial charge is 0.149 e. The van der Waals surface area contributed by atoms with Gasteiger partial charge >= 0.3 is 0 Å². The molecule has 5 heteroatoms. The lowest BCUT2D eigenvalue weighted by atomic mass is 10.1. The third kappa shape index (κ3) is 4.28. The Hall–Kier alpha value is -1.20. The quantitative estimate of drug-likeness (QED) is 0.772. The van der Waals surface area contributed by atoms with Gasteiger partial charge in [-0.25, -0.2) is 8.78 Å². The Balaban J connectivity index is 2.70. The van der Waals surface area contributed by atoms with E-state index < -0.39 is 11.6 Å². The predicted octanol–water partition coefficient (Wildman–Crippen LogP) is 2.13. The summed E-state index contributed by atoms with van der Waals surface area (Å²) in [7, 11) is 1.55. The summed E-state index contributed by atoms with van der Waals surface area (Å²) in [6.07, 6.45) is 1.48. The van der Waals surface area contributed by atoms with Crippen LogP contribution in [0.2, 0.25) is 0 Å². The molecule has 0 aliphatic heterocycles. The Labute approximate surface area is 100.0 Å². The Kier molecular flexibility index (Phi) is 5.86. The highest BCUT2D eigenvalue weighted by molar-refractivity contribution is 5.46. The number of halogens is 2. The number of rotatable bonds is 7. The molecule has 0 saturated heterocycles. The number of nitrogens with two attached hydrogens (primary N) is 1. The summed E-state index contributed by atoms with van der Waals surface area (Å²) in [6, 6.07) is 3.63. The van der Waals surface area contributed by atoms with E-state index in [0.29, 0.717) is 19.6 Å². The second kappa shape index (κ2) is 7.19. The molecule has 3 N–H and O–H groups in total. The molecule has 0 aromatic heterocycles. The Bertz CT molecular complexity index is 327. The van der Waals surface area contributed by atoms with E-state index in [0.717, 1.165) is 6.42 Å². The van der Waals surface area contributed by atoms with Gasteiger partial charge in [-0.15, -0.1) is 0 Å². The van der Waals surface area contributed by atoms with Gasteiger partial charge in [0.15, 0.2) is 0 Å². The zero-order chi connectivity index (χ0) is 12.7. The largest absolute Gasteiger partial charge is 0.383 e. The molecule has 0 saturated carbocycles. The van der Waals surface area contributed by atoms with Crippen LogP contribution in [-0.4, -0.2) is 26.3 Å². The van der Waals surface area contributed by atoms with Gasteiger partial charge in [-0.1, -0.05) is 6.07 Å². The lowest BCUT2D eigenvalue weighted by molar-refractivity contribution is 0.182. The minimum absolute atomic E-state index is 0.105. The molecule has 96 valence electrons. The first-order valence-electron chi connectivity index (χ1n) is 5.58. The number of benzene rings is 1. The molecular weight excluding hydrogens is 226 g/mol. The lowest BCUT2D eigenvalue weighted by Gasteiger charge is -2.19. The first-order chi connectivity index (χ1) is 8.19. The lowest BCUT2D eigenvalue weighted by Crippen LogP contribution is -2.26. The number of para-hydroxylation sites is 1. The maximum absolute atomic E-state index is 13.4. The SMILES string of the molecule is COCC(CCCN)Nc1c(F)cccc1F. The second-order valence-corrected chi connectivity index (χ2v) is 3.82. The molecule has 0 amide bonds. The van der Waals surface area contributed by atoms with Crippen LogP contribution in [0.4, 0.5) is 14.5 Å². The van der Waals surface area contributed by atoms with Gasteiger partial charge < -0.3 is 15.8 Å². The first kappa shape index (κ1) is 13.9. The minimum atomic E-state index is -0.598. The molecule has 0 heterocycles. The van der Waals surface area contributed by atoms with Crippen molar-refractivity contribution in [1.82, 2.24) is 0 Å². The van der Waals surface area contributed by atoms with Gasteiger partial charge in [-0.05, 0) is 31.5 Å². The molecule has 0 radical (unpaired) electrons. The highest BCUT2D eigenvalue weighted by Gasteiger charge is 2.13. The number of anilines is 1. The number of nitrogens with one attached hydrogen (secondary N) is 1. The summed E-state index contributed by atoms with van der Waals surface area (Å²) in [6.45, 7) is 0.926. The van der Waals surface area contributed by atoms with Crippen LogP contribution < -0.4 is 11.1 Å². The van der Waals surface area contributed by atoms with E-state index in [1.807, 2.05) is 0 Å². The van der Waals surface area contributed by atoms with Crippen molar-refractivity contribution >= 4 is 5.69 Å². The van der Waals surface area contributed by atoms with E-state index in [1.165, 1.54) is 18.2 Å². The number of hydrogen-bond donors (Lipinski definition) is 2. The van der Waals surface area contributed by atoms with Crippen LogP contribution in [0.3, 0.4) is 0 Å². The zero-order valence-electron chi connectivity index (χ0n) is 9.88. The van der Waals surface area contributed by atoms with Gasteiger partial charge in [0.2, 0.25) is 0 Å². The summed E-state index contributed by atoms with van der Waals surface area (Å²) in [5.74, 6) is -1.20. The van der Waals surface area contributed by atoms with Crippen molar-refractivity contribution in [2.24, 2.45) is 5.73 Å². The zero-order valence-corrected chi connectivity index (χ0v) is 9.88. The van der Waals surface area contributed by atoms with Gasteiger partial charge in [0, 0.05) is 13.2 Å². The highest BCUT2D eigenvalue weighted by Crippen LogP contribution is 2.20. The maximum Gasteiger partial charge on any atom is 0.149 e. The number of ether oxygens (including phenoxy) is 1. The van der Waals surface area contributed by atoms with E-state index in [1.54, 1.807) is 7.11 Å². The van der Waals surface area contributed by atoms with Crippen molar-refractivity contribution in [3.63, 3.8) is 0 Å². The Morgan fingerprint density at radius 1 is 1.35 bits per heavy atom. The van der Waals surface area contributed by atoms with Gasteiger partial charge in [-0.2, -0.15) is 0 Å². The van der Waals surface area contributed by atoms with Crippen molar-refractivity contribution < 1.29 is 13.5 Å². The molecule has 0 aliphatic rings. The monoisotopic (exact) mass is 244 g/mol. The minimum Gasteiger partial charge on any atom is -0.383 e. The molecule has 0 spiro atoms. The fourth-order valence-corrected chi connectivity index (χ4v) is 1.60. The fraction of sp³-hybridized carbons (Fsp3) is 0.500. The second-order valence-electron chi connectivity index (χ2n) is 3.82. The fourth-order valence-electron chi connectivity index (χ4n) is 1.60. The molecule has 17 heavy (non-hydrogen) atoms. The molecule has 1 rings (SSSR count). The van der Waals surface area contributed by atoms with E-state index in [4.69, 9.17) is 10.5 Å². The molecule has 0 bridgehead atoms. The summed E-state index contributed by atoms with van der Waals surface area (Å²) >= 11 is 0. The van der Waals surface area contributed by atoms with Crippen molar-refractivity contribution in [3.8, 4) is 0 Å². The van der Waals surface area contributed by atoms with E-state index >= 15 is 0 Å². The summed E-state index contributed by atoms with van der Waals surface area (Å²) in [5, 5.41) is 2.82. The molecule has 1 atom stereocenters. The normalized spacial score (nSPS) is 12.5. The van der Waals surface area contributed by atoms with Crippen LogP contribution in [0, 0.1) is 11.6 Å². The average Bonchev–Trinajstić information content (AvgIpc) is 2.31. The molecule has 0 fully saturated rings. The van der Waals surface area contributed by atoms with Crippen LogP contribution in [0.15, 0.2) is 18.2 Å². The molecular formula is C12H18F2N2O. The summed E-state index contributed by atoms with van der Waals surface area (Å²) in [4.78, 5) is 0. The van der Waals surface area contributed by atoms with E-state index in [9.17, 15) is 8.78 Å². The van der Waals surface area contributed by atoms with E-state index in [-0.39, 0.29) is 11.7 Å². The van der Waals surface area contributed by atoms with Crippen LogP contribution in [-0.2, 0) is 4.74 Å². The predicted molar refractivity (Wildman–Crippen MR) is 63.9 cm³/mol.